The number of ether oxygens (including phenoxy) is 1. The van der Waals surface area contributed by atoms with Crippen LogP contribution < -0.4 is 4.74 Å². The van der Waals surface area contributed by atoms with Crippen LogP contribution in [0.4, 0.5) is 0 Å². The number of nitrogens with zero attached hydrogens (tertiary/aromatic N) is 2. The van der Waals surface area contributed by atoms with Crippen molar-refractivity contribution in [2.75, 3.05) is 7.11 Å². The Morgan fingerprint density at radius 2 is 1.88 bits per heavy atom. The fourth-order valence-electron chi connectivity index (χ4n) is 2.42. The van der Waals surface area contributed by atoms with Crippen LogP contribution in [-0.4, -0.2) is 22.0 Å². The summed E-state index contributed by atoms with van der Waals surface area (Å²) >= 11 is 0. The van der Waals surface area contributed by atoms with Gasteiger partial charge < -0.3 is 9.84 Å². The molecular formula is C13H24N2O2. The van der Waals surface area contributed by atoms with E-state index >= 15 is 0 Å². The van der Waals surface area contributed by atoms with E-state index in [0.717, 1.165) is 37.9 Å². The van der Waals surface area contributed by atoms with Gasteiger partial charge in [0.05, 0.1) is 13.3 Å². The summed E-state index contributed by atoms with van der Waals surface area (Å²) in [5.41, 5.74) is 0.00708. The maximum absolute atomic E-state index is 10.9. The Morgan fingerprint density at radius 3 is 2.29 bits per heavy atom. The Kier molecular flexibility index (Phi) is 5.00. The molecule has 0 atom stereocenters. The molecule has 0 saturated heterocycles. The summed E-state index contributed by atoms with van der Waals surface area (Å²) in [7, 11) is 1.62. The molecule has 0 aromatic carbocycles. The van der Waals surface area contributed by atoms with Gasteiger partial charge in [-0.1, -0.05) is 26.7 Å². The van der Waals surface area contributed by atoms with E-state index in [-0.39, 0.29) is 0 Å². The zero-order chi connectivity index (χ0) is 12.9. The van der Waals surface area contributed by atoms with Gasteiger partial charge in [-0.2, -0.15) is 5.10 Å². The molecule has 0 aliphatic rings. The number of aliphatic hydroxyl groups is 1. The van der Waals surface area contributed by atoms with Crippen LogP contribution in [0.2, 0.25) is 0 Å². The van der Waals surface area contributed by atoms with Gasteiger partial charge in [-0.25, -0.2) is 0 Å². The molecule has 4 heteroatoms. The highest BCUT2D eigenvalue weighted by Crippen LogP contribution is 2.37. The largest absolute Gasteiger partial charge is 0.493 e. The molecule has 0 fully saturated rings. The lowest BCUT2D eigenvalue weighted by Crippen LogP contribution is -2.29. The molecular weight excluding hydrogens is 216 g/mol. The molecule has 1 rings (SSSR count). The third-order valence-electron chi connectivity index (χ3n) is 3.09. The number of hydrogen-bond donors (Lipinski definition) is 1. The first kappa shape index (κ1) is 14.0. The van der Waals surface area contributed by atoms with Crippen LogP contribution >= 0.6 is 0 Å². The Morgan fingerprint density at radius 1 is 1.29 bits per heavy atom. The minimum atomic E-state index is -0.818. The standard InChI is InChI=1S/C13H24N2O2/c1-5-8-13(16,9-6-2)12-11(17-4)10-14-15(12)7-3/h10,16H,5-9H2,1-4H3. The van der Waals surface area contributed by atoms with Crippen LogP contribution in [0.15, 0.2) is 6.20 Å². The fourth-order valence-corrected chi connectivity index (χ4v) is 2.42. The molecule has 1 aromatic rings. The second kappa shape index (κ2) is 6.05. The predicted molar refractivity (Wildman–Crippen MR) is 68.2 cm³/mol. The Labute approximate surface area is 104 Å². The average molecular weight is 240 g/mol. The van der Waals surface area contributed by atoms with Crippen molar-refractivity contribution in [1.82, 2.24) is 9.78 Å². The van der Waals surface area contributed by atoms with Gasteiger partial charge in [0.15, 0.2) is 5.75 Å². The molecule has 0 amide bonds. The Bertz CT molecular complexity index is 320. The Balaban J connectivity index is 3.19. The summed E-state index contributed by atoms with van der Waals surface area (Å²) in [5, 5.41) is 15.1. The van der Waals surface area contributed by atoms with Gasteiger partial charge >= 0.3 is 0 Å². The lowest BCUT2D eigenvalue weighted by Gasteiger charge is -2.29. The highest BCUT2D eigenvalue weighted by atomic mass is 16.5. The molecule has 1 aromatic heterocycles. The molecule has 4 nitrogen and oxygen atoms in total. The lowest BCUT2D eigenvalue weighted by molar-refractivity contribution is 0.00622. The van der Waals surface area contributed by atoms with Gasteiger partial charge in [-0.05, 0) is 19.8 Å². The van der Waals surface area contributed by atoms with E-state index < -0.39 is 5.60 Å². The maximum Gasteiger partial charge on any atom is 0.162 e. The predicted octanol–water partition coefficient (Wildman–Crippen LogP) is 2.70. The van der Waals surface area contributed by atoms with Crippen LogP contribution in [0.3, 0.4) is 0 Å². The SMILES string of the molecule is CCCC(O)(CCC)c1c(OC)cnn1CC. The second-order valence-corrected chi connectivity index (χ2v) is 4.41. The normalized spacial score (nSPS) is 11.8. The van der Waals surface area contributed by atoms with Crippen LogP contribution in [-0.2, 0) is 12.1 Å². The van der Waals surface area contributed by atoms with Crippen molar-refractivity contribution < 1.29 is 9.84 Å². The van der Waals surface area contributed by atoms with Crippen LogP contribution in [0.1, 0.15) is 52.1 Å². The highest BCUT2D eigenvalue weighted by molar-refractivity contribution is 5.30. The number of rotatable bonds is 7. The first-order valence-electron chi connectivity index (χ1n) is 6.45. The first-order valence-corrected chi connectivity index (χ1v) is 6.45. The van der Waals surface area contributed by atoms with E-state index in [0.29, 0.717) is 5.75 Å². The fraction of sp³-hybridized carbons (Fsp3) is 0.769. The summed E-state index contributed by atoms with van der Waals surface area (Å²) in [6.07, 6.45) is 5.05. The number of hydrogen-bond acceptors (Lipinski definition) is 3. The van der Waals surface area contributed by atoms with E-state index in [4.69, 9.17) is 4.74 Å². The summed E-state index contributed by atoms with van der Waals surface area (Å²) < 4.78 is 7.16. The van der Waals surface area contributed by atoms with Gasteiger partial charge in [0.25, 0.3) is 0 Å². The van der Waals surface area contributed by atoms with Crippen molar-refractivity contribution >= 4 is 0 Å². The first-order chi connectivity index (χ1) is 8.12. The molecule has 0 unspecified atom stereocenters. The summed E-state index contributed by atoms with van der Waals surface area (Å²) in [5.74, 6) is 0.691. The van der Waals surface area contributed by atoms with Gasteiger partial charge in [-0.15, -0.1) is 0 Å². The van der Waals surface area contributed by atoms with Gasteiger partial charge in [0, 0.05) is 6.54 Å². The smallest absolute Gasteiger partial charge is 0.162 e. The van der Waals surface area contributed by atoms with Crippen LogP contribution in [0.25, 0.3) is 0 Å². The zero-order valence-electron chi connectivity index (χ0n) is 11.4. The van der Waals surface area contributed by atoms with E-state index in [2.05, 4.69) is 18.9 Å². The average Bonchev–Trinajstić information content (AvgIpc) is 2.73. The van der Waals surface area contributed by atoms with Gasteiger partial charge in [-0.3, -0.25) is 4.68 Å². The molecule has 0 aliphatic carbocycles. The molecule has 98 valence electrons. The molecule has 0 saturated carbocycles. The number of methoxy groups -OCH3 is 1. The lowest BCUT2D eigenvalue weighted by atomic mass is 9.88. The van der Waals surface area contributed by atoms with E-state index in [1.165, 1.54) is 0 Å². The topological polar surface area (TPSA) is 47.3 Å². The van der Waals surface area contributed by atoms with E-state index in [1.54, 1.807) is 13.3 Å². The Hall–Kier alpha value is -1.03. The highest BCUT2D eigenvalue weighted by Gasteiger charge is 2.34. The van der Waals surface area contributed by atoms with Crippen molar-refractivity contribution in [3.05, 3.63) is 11.9 Å². The van der Waals surface area contributed by atoms with Crippen molar-refractivity contribution in [3.8, 4) is 5.75 Å². The van der Waals surface area contributed by atoms with Gasteiger partial charge in [0.1, 0.15) is 11.3 Å². The summed E-state index contributed by atoms with van der Waals surface area (Å²) in [4.78, 5) is 0. The number of aromatic nitrogens is 2. The van der Waals surface area contributed by atoms with Crippen molar-refractivity contribution in [1.29, 1.82) is 0 Å². The van der Waals surface area contributed by atoms with E-state index in [1.807, 2.05) is 11.6 Å². The third-order valence-corrected chi connectivity index (χ3v) is 3.09. The second-order valence-electron chi connectivity index (χ2n) is 4.41. The van der Waals surface area contributed by atoms with Crippen LogP contribution in [0.5, 0.6) is 5.75 Å². The zero-order valence-corrected chi connectivity index (χ0v) is 11.4. The monoisotopic (exact) mass is 240 g/mol. The number of aryl methyl sites for hydroxylation is 1. The molecule has 0 radical (unpaired) electrons. The summed E-state index contributed by atoms with van der Waals surface area (Å²) in [6, 6.07) is 0. The van der Waals surface area contributed by atoms with E-state index in [9.17, 15) is 5.11 Å². The summed E-state index contributed by atoms with van der Waals surface area (Å²) in [6.45, 7) is 6.93. The van der Waals surface area contributed by atoms with Crippen molar-refractivity contribution in [3.63, 3.8) is 0 Å². The quantitative estimate of drug-likeness (QED) is 0.797. The minimum Gasteiger partial charge on any atom is -0.493 e. The molecule has 1 N–H and O–H groups in total. The van der Waals surface area contributed by atoms with Crippen molar-refractivity contribution in [2.24, 2.45) is 0 Å². The molecule has 0 spiro atoms. The minimum absolute atomic E-state index is 0.691. The molecule has 0 bridgehead atoms. The van der Waals surface area contributed by atoms with Crippen molar-refractivity contribution in [2.45, 2.75) is 58.6 Å². The molecule has 17 heavy (non-hydrogen) atoms. The maximum atomic E-state index is 10.9. The van der Waals surface area contributed by atoms with Gasteiger partial charge in [0.2, 0.25) is 0 Å². The van der Waals surface area contributed by atoms with Crippen LogP contribution in [0, 0.1) is 0 Å². The molecule has 0 aliphatic heterocycles. The third kappa shape index (κ3) is 2.80. The molecule has 1 heterocycles.